The molecule has 0 unspecified atom stereocenters. The van der Waals surface area contributed by atoms with E-state index in [4.69, 9.17) is 9.47 Å². The number of ether oxygens (including phenoxy) is 2. The summed E-state index contributed by atoms with van der Waals surface area (Å²) in [4.78, 5) is 0. The first-order valence-electron chi connectivity index (χ1n) is 5.31. The van der Waals surface area contributed by atoms with Crippen molar-refractivity contribution >= 4 is 0 Å². The second-order valence-electron chi connectivity index (χ2n) is 3.69. The molecule has 0 radical (unpaired) electrons. The molecular formula is C13H16O2. The Morgan fingerprint density at radius 3 is 2.80 bits per heavy atom. The highest BCUT2D eigenvalue weighted by Gasteiger charge is 2.29. The summed E-state index contributed by atoms with van der Waals surface area (Å²) < 4.78 is 11.2. The lowest BCUT2D eigenvalue weighted by Gasteiger charge is -2.13. The summed E-state index contributed by atoms with van der Waals surface area (Å²) in [6.45, 7) is 6.60. The highest BCUT2D eigenvalue weighted by Crippen LogP contribution is 2.35. The van der Waals surface area contributed by atoms with E-state index in [2.05, 4.69) is 18.7 Å². The van der Waals surface area contributed by atoms with Crippen molar-refractivity contribution in [2.75, 3.05) is 6.61 Å². The van der Waals surface area contributed by atoms with Crippen LogP contribution in [0.3, 0.4) is 0 Å². The molecular weight excluding hydrogens is 188 g/mol. The molecule has 1 saturated heterocycles. The first kappa shape index (κ1) is 10.4. The van der Waals surface area contributed by atoms with Crippen LogP contribution in [0.2, 0.25) is 0 Å². The zero-order valence-corrected chi connectivity index (χ0v) is 8.98. The van der Waals surface area contributed by atoms with Crippen LogP contribution in [0.1, 0.15) is 25.0 Å². The van der Waals surface area contributed by atoms with Gasteiger partial charge in [0.15, 0.2) is 6.29 Å². The quantitative estimate of drug-likeness (QED) is 0.704. The van der Waals surface area contributed by atoms with E-state index in [1.165, 1.54) is 5.56 Å². The standard InChI is InChI=1S/C13H16O2/c1-3-14-13-10(2)9-12(15-13)11-7-5-4-6-8-11/h4-8,12-13H,2-3,9H2,1H3/t12-,13-/m0/s1. The molecule has 0 N–H and O–H groups in total. The molecule has 1 fully saturated rings. The molecule has 15 heavy (non-hydrogen) atoms. The molecule has 2 atom stereocenters. The smallest absolute Gasteiger partial charge is 0.180 e. The molecule has 1 aromatic carbocycles. The predicted octanol–water partition coefficient (Wildman–Crippen LogP) is 3.07. The van der Waals surface area contributed by atoms with Gasteiger partial charge in [-0.05, 0) is 18.1 Å². The molecule has 0 amide bonds. The minimum Gasteiger partial charge on any atom is -0.349 e. The minimum atomic E-state index is -0.222. The minimum absolute atomic E-state index is 0.107. The fraction of sp³-hybridized carbons (Fsp3) is 0.385. The van der Waals surface area contributed by atoms with Crippen molar-refractivity contribution in [2.24, 2.45) is 0 Å². The Bertz CT molecular complexity index is 332. The number of hydrogen-bond acceptors (Lipinski definition) is 2. The largest absolute Gasteiger partial charge is 0.349 e. The van der Waals surface area contributed by atoms with E-state index in [9.17, 15) is 0 Å². The van der Waals surface area contributed by atoms with Crippen molar-refractivity contribution in [3.05, 3.63) is 48.0 Å². The Hall–Kier alpha value is -1.12. The fourth-order valence-electron chi connectivity index (χ4n) is 1.80. The SMILES string of the molecule is C=C1C[C@@H](c2ccccc2)O[C@@H]1OCC. The van der Waals surface area contributed by atoms with Gasteiger partial charge in [-0.3, -0.25) is 0 Å². The maximum absolute atomic E-state index is 5.78. The predicted molar refractivity (Wildman–Crippen MR) is 59.4 cm³/mol. The summed E-state index contributed by atoms with van der Waals surface area (Å²) in [5.74, 6) is 0. The van der Waals surface area contributed by atoms with Crippen LogP contribution in [0, 0.1) is 0 Å². The van der Waals surface area contributed by atoms with Gasteiger partial charge in [-0.15, -0.1) is 0 Å². The molecule has 0 spiro atoms. The summed E-state index contributed by atoms with van der Waals surface area (Å²) >= 11 is 0. The van der Waals surface area contributed by atoms with Gasteiger partial charge >= 0.3 is 0 Å². The van der Waals surface area contributed by atoms with Gasteiger partial charge in [0.25, 0.3) is 0 Å². The summed E-state index contributed by atoms with van der Waals surface area (Å²) in [6.07, 6.45) is 0.741. The molecule has 80 valence electrons. The summed E-state index contributed by atoms with van der Waals surface area (Å²) in [7, 11) is 0. The molecule has 0 aromatic heterocycles. The maximum atomic E-state index is 5.78. The lowest BCUT2D eigenvalue weighted by molar-refractivity contribution is -0.116. The highest BCUT2D eigenvalue weighted by molar-refractivity contribution is 5.22. The van der Waals surface area contributed by atoms with Crippen molar-refractivity contribution in [1.82, 2.24) is 0 Å². The highest BCUT2D eigenvalue weighted by atomic mass is 16.7. The molecule has 2 heteroatoms. The van der Waals surface area contributed by atoms with Crippen LogP contribution in [0.4, 0.5) is 0 Å². The monoisotopic (exact) mass is 204 g/mol. The molecule has 1 aliphatic heterocycles. The van der Waals surface area contributed by atoms with Crippen LogP contribution in [0.25, 0.3) is 0 Å². The van der Waals surface area contributed by atoms with Crippen molar-refractivity contribution < 1.29 is 9.47 Å². The Labute approximate surface area is 90.5 Å². The van der Waals surface area contributed by atoms with E-state index in [0.717, 1.165) is 12.0 Å². The molecule has 0 saturated carbocycles. The fourth-order valence-corrected chi connectivity index (χ4v) is 1.80. The van der Waals surface area contributed by atoms with E-state index in [-0.39, 0.29) is 12.4 Å². The van der Waals surface area contributed by atoms with Gasteiger partial charge < -0.3 is 9.47 Å². The first-order valence-corrected chi connectivity index (χ1v) is 5.31. The molecule has 0 aliphatic carbocycles. The molecule has 1 aliphatic rings. The van der Waals surface area contributed by atoms with Crippen LogP contribution in [0.15, 0.2) is 42.5 Å². The van der Waals surface area contributed by atoms with E-state index in [1.807, 2.05) is 25.1 Å². The van der Waals surface area contributed by atoms with Crippen molar-refractivity contribution in [1.29, 1.82) is 0 Å². The average molecular weight is 204 g/mol. The van der Waals surface area contributed by atoms with Gasteiger partial charge in [-0.2, -0.15) is 0 Å². The van der Waals surface area contributed by atoms with Gasteiger partial charge in [-0.25, -0.2) is 0 Å². The van der Waals surface area contributed by atoms with Crippen LogP contribution < -0.4 is 0 Å². The second-order valence-corrected chi connectivity index (χ2v) is 3.69. The summed E-state index contributed by atoms with van der Waals surface area (Å²) in [5, 5.41) is 0. The molecule has 1 aromatic rings. The molecule has 2 nitrogen and oxygen atoms in total. The average Bonchev–Trinajstić information content (AvgIpc) is 2.63. The molecule has 0 bridgehead atoms. The summed E-state index contributed by atoms with van der Waals surface area (Å²) in [5.41, 5.74) is 2.23. The van der Waals surface area contributed by atoms with Crippen molar-refractivity contribution in [3.63, 3.8) is 0 Å². The zero-order chi connectivity index (χ0) is 10.7. The van der Waals surface area contributed by atoms with E-state index < -0.39 is 0 Å². The third kappa shape index (κ3) is 2.28. The second kappa shape index (κ2) is 4.60. The maximum Gasteiger partial charge on any atom is 0.180 e. The van der Waals surface area contributed by atoms with Gasteiger partial charge in [0.05, 0.1) is 6.10 Å². The van der Waals surface area contributed by atoms with Crippen LogP contribution in [-0.2, 0) is 9.47 Å². The Kier molecular flexibility index (Phi) is 3.19. The van der Waals surface area contributed by atoms with Crippen molar-refractivity contribution in [2.45, 2.75) is 25.7 Å². The first-order chi connectivity index (χ1) is 7.31. The third-order valence-corrected chi connectivity index (χ3v) is 2.56. The Morgan fingerprint density at radius 1 is 1.40 bits per heavy atom. The van der Waals surface area contributed by atoms with Crippen LogP contribution in [0.5, 0.6) is 0 Å². The normalized spacial score (nSPS) is 25.8. The van der Waals surface area contributed by atoms with E-state index >= 15 is 0 Å². The van der Waals surface area contributed by atoms with Gasteiger partial charge in [-0.1, -0.05) is 36.9 Å². The Balaban J connectivity index is 2.06. The zero-order valence-electron chi connectivity index (χ0n) is 8.98. The molecule has 2 rings (SSSR count). The lowest BCUT2D eigenvalue weighted by atomic mass is 10.1. The Morgan fingerprint density at radius 2 is 2.13 bits per heavy atom. The topological polar surface area (TPSA) is 18.5 Å². The van der Waals surface area contributed by atoms with E-state index in [0.29, 0.717) is 6.61 Å². The van der Waals surface area contributed by atoms with E-state index in [1.54, 1.807) is 0 Å². The van der Waals surface area contributed by atoms with Gasteiger partial charge in [0.2, 0.25) is 0 Å². The number of benzene rings is 1. The summed E-state index contributed by atoms with van der Waals surface area (Å²) in [6, 6.07) is 10.2. The van der Waals surface area contributed by atoms with Crippen LogP contribution in [-0.4, -0.2) is 12.9 Å². The molecule has 1 heterocycles. The van der Waals surface area contributed by atoms with Gasteiger partial charge in [0.1, 0.15) is 0 Å². The van der Waals surface area contributed by atoms with Crippen LogP contribution >= 0.6 is 0 Å². The van der Waals surface area contributed by atoms with Gasteiger partial charge in [0, 0.05) is 13.0 Å². The van der Waals surface area contributed by atoms with Crippen molar-refractivity contribution in [3.8, 4) is 0 Å². The lowest BCUT2D eigenvalue weighted by Crippen LogP contribution is -2.12. The number of rotatable bonds is 3. The third-order valence-electron chi connectivity index (χ3n) is 2.56. The number of hydrogen-bond donors (Lipinski definition) is 0.